The molecular formula is C17H13Cl2FN2O4. The zero-order valence-electron chi connectivity index (χ0n) is 13.4. The molecule has 1 heterocycles. The molecule has 0 atom stereocenters. The van der Waals surface area contributed by atoms with Crippen molar-refractivity contribution in [1.29, 1.82) is 0 Å². The van der Waals surface area contributed by atoms with Gasteiger partial charge in [-0.1, -0.05) is 23.2 Å². The number of allylic oxidation sites excluding steroid dienone is 1. The maximum absolute atomic E-state index is 14.5. The van der Waals surface area contributed by atoms with Gasteiger partial charge in [-0.15, -0.1) is 0 Å². The van der Waals surface area contributed by atoms with Gasteiger partial charge in [-0.05, 0) is 37.3 Å². The summed E-state index contributed by atoms with van der Waals surface area (Å²) < 4.78 is 19.1. The van der Waals surface area contributed by atoms with Crippen LogP contribution in [0.3, 0.4) is 0 Å². The number of carbonyl (C=O) groups excluding carboxylic acids is 2. The molecule has 0 saturated heterocycles. The lowest BCUT2D eigenvalue weighted by molar-refractivity contribution is -0.137. The summed E-state index contributed by atoms with van der Waals surface area (Å²) >= 11 is 11.7. The highest BCUT2D eigenvalue weighted by molar-refractivity contribution is 6.36. The number of aromatic hydroxyl groups is 1. The molecule has 0 saturated carbocycles. The van der Waals surface area contributed by atoms with Crippen LogP contribution in [-0.2, 0) is 9.53 Å². The van der Waals surface area contributed by atoms with E-state index in [4.69, 9.17) is 23.2 Å². The second-order valence-electron chi connectivity index (χ2n) is 4.88. The number of hydrogen-bond acceptors (Lipinski definition) is 6. The lowest BCUT2D eigenvalue weighted by Gasteiger charge is -2.13. The molecule has 0 spiro atoms. The van der Waals surface area contributed by atoms with Crippen molar-refractivity contribution in [3.63, 3.8) is 0 Å². The first-order chi connectivity index (χ1) is 12.3. The third-order valence-corrected chi connectivity index (χ3v) is 3.62. The number of benzene rings is 1. The highest BCUT2D eigenvalue weighted by Crippen LogP contribution is 2.33. The number of esters is 1. The molecule has 2 aromatic rings. The fraction of sp³-hybridized carbons (Fsp3) is 0.118. The SMILES string of the molecule is CCOC(=O)/C=C/C(=O)c1c(Cl)nc(Cl)c(F)c1Nc1ccc(O)cc1. The van der Waals surface area contributed by atoms with Crippen LogP contribution in [0, 0.1) is 5.82 Å². The van der Waals surface area contributed by atoms with Gasteiger partial charge in [0.05, 0.1) is 17.9 Å². The summed E-state index contributed by atoms with van der Waals surface area (Å²) in [6.45, 7) is 1.76. The monoisotopic (exact) mass is 398 g/mol. The van der Waals surface area contributed by atoms with Crippen molar-refractivity contribution in [3.05, 3.63) is 58.1 Å². The number of ketones is 1. The summed E-state index contributed by atoms with van der Waals surface area (Å²) in [4.78, 5) is 27.3. The average molecular weight is 399 g/mol. The standard InChI is InChI=1S/C17H13Cl2FN2O4/c1-2-26-12(25)8-7-11(24)13-15(14(20)17(19)22-16(13)18)21-9-3-5-10(23)6-4-9/h3-8,23H,2H2,1H3,(H,21,22)/b8-7+. The predicted molar refractivity (Wildman–Crippen MR) is 95.7 cm³/mol. The fourth-order valence-electron chi connectivity index (χ4n) is 1.96. The Bertz CT molecular complexity index is 870. The van der Waals surface area contributed by atoms with E-state index in [1.807, 2.05) is 0 Å². The Balaban J connectivity index is 2.44. The zero-order chi connectivity index (χ0) is 19.3. The Morgan fingerprint density at radius 3 is 2.50 bits per heavy atom. The molecule has 0 aliphatic heterocycles. The van der Waals surface area contributed by atoms with Crippen LogP contribution in [0.5, 0.6) is 5.75 Å². The van der Waals surface area contributed by atoms with Crippen molar-refractivity contribution in [2.75, 3.05) is 11.9 Å². The Labute approximate surface area is 158 Å². The molecular weight excluding hydrogens is 386 g/mol. The van der Waals surface area contributed by atoms with E-state index in [0.29, 0.717) is 5.69 Å². The minimum absolute atomic E-state index is 0.00971. The van der Waals surface area contributed by atoms with E-state index >= 15 is 0 Å². The first-order valence-corrected chi connectivity index (χ1v) is 8.08. The number of halogens is 3. The van der Waals surface area contributed by atoms with Crippen molar-refractivity contribution in [2.45, 2.75) is 6.92 Å². The van der Waals surface area contributed by atoms with Crippen LogP contribution >= 0.6 is 23.2 Å². The summed E-state index contributed by atoms with van der Waals surface area (Å²) in [7, 11) is 0. The summed E-state index contributed by atoms with van der Waals surface area (Å²) in [5, 5.41) is 11.1. The maximum Gasteiger partial charge on any atom is 0.330 e. The van der Waals surface area contributed by atoms with Crippen LogP contribution in [0.25, 0.3) is 0 Å². The number of phenolic OH excluding ortho intramolecular Hbond substituents is 1. The van der Waals surface area contributed by atoms with E-state index in [9.17, 15) is 19.1 Å². The summed E-state index contributed by atoms with van der Waals surface area (Å²) in [6, 6.07) is 5.65. The van der Waals surface area contributed by atoms with Crippen LogP contribution in [0.4, 0.5) is 15.8 Å². The minimum atomic E-state index is -0.989. The van der Waals surface area contributed by atoms with Gasteiger partial charge in [-0.25, -0.2) is 14.2 Å². The Morgan fingerprint density at radius 1 is 1.23 bits per heavy atom. The third-order valence-electron chi connectivity index (χ3n) is 3.09. The summed E-state index contributed by atoms with van der Waals surface area (Å²) in [6.07, 6.45) is 1.80. The maximum atomic E-state index is 14.5. The highest BCUT2D eigenvalue weighted by atomic mass is 35.5. The molecule has 0 aliphatic carbocycles. The van der Waals surface area contributed by atoms with Gasteiger partial charge in [0.25, 0.3) is 0 Å². The van der Waals surface area contributed by atoms with Gasteiger partial charge in [-0.3, -0.25) is 4.79 Å². The van der Waals surface area contributed by atoms with Crippen LogP contribution in [0.2, 0.25) is 10.3 Å². The number of nitrogens with zero attached hydrogens (tertiary/aromatic N) is 1. The second-order valence-corrected chi connectivity index (χ2v) is 5.59. The Hall–Kier alpha value is -2.64. The molecule has 136 valence electrons. The van der Waals surface area contributed by atoms with Gasteiger partial charge in [0.15, 0.2) is 16.8 Å². The Kier molecular flexibility index (Phi) is 6.54. The summed E-state index contributed by atoms with van der Waals surface area (Å²) in [5.41, 5.74) is -0.246. The molecule has 0 amide bonds. The van der Waals surface area contributed by atoms with E-state index in [1.165, 1.54) is 24.3 Å². The molecule has 6 nitrogen and oxygen atoms in total. The molecule has 26 heavy (non-hydrogen) atoms. The number of anilines is 2. The van der Waals surface area contributed by atoms with Crippen molar-refractivity contribution >= 4 is 46.3 Å². The molecule has 0 unspecified atom stereocenters. The highest BCUT2D eigenvalue weighted by Gasteiger charge is 2.23. The minimum Gasteiger partial charge on any atom is -0.508 e. The number of aromatic nitrogens is 1. The second kappa shape index (κ2) is 8.64. The lowest BCUT2D eigenvalue weighted by atomic mass is 10.1. The molecule has 0 radical (unpaired) electrons. The van der Waals surface area contributed by atoms with Gasteiger partial charge in [-0.2, -0.15) is 0 Å². The van der Waals surface area contributed by atoms with Crippen molar-refractivity contribution in [2.24, 2.45) is 0 Å². The van der Waals surface area contributed by atoms with Crippen molar-refractivity contribution in [3.8, 4) is 5.75 Å². The van der Waals surface area contributed by atoms with Crippen LogP contribution in [0.15, 0.2) is 36.4 Å². The van der Waals surface area contributed by atoms with Crippen LogP contribution in [-0.4, -0.2) is 28.4 Å². The summed E-state index contributed by atoms with van der Waals surface area (Å²) in [5.74, 6) is -2.48. The van der Waals surface area contributed by atoms with Gasteiger partial charge in [0.2, 0.25) is 0 Å². The largest absolute Gasteiger partial charge is 0.508 e. The van der Waals surface area contributed by atoms with Gasteiger partial charge in [0.1, 0.15) is 10.9 Å². The average Bonchev–Trinajstić information content (AvgIpc) is 2.59. The quantitative estimate of drug-likeness (QED) is 0.248. The van der Waals surface area contributed by atoms with Gasteiger partial charge in [0, 0.05) is 11.8 Å². The number of phenols is 1. The lowest BCUT2D eigenvalue weighted by Crippen LogP contribution is -2.08. The molecule has 0 aliphatic rings. The predicted octanol–water partition coefficient (Wildman–Crippen LogP) is 4.28. The first kappa shape index (κ1) is 19.7. The van der Waals surface area contributed by atoms with Gasteiger partial charge >= 0.3 is 5.97 Å². The molecule has 0 fully saturated rings. The van der Waals surface area contributed by atoms with Crippen molar-refractivity contribution in [1.82, 2.24) is 4.98 Å². The van der Waals surface area contributed by atoms with E-state index in [1.54, 1.807) is 6.92 Å². The Morgan fingerprint density at radius 2 is 1.88 bits per heavy atom. The molecule has 1 aromatic carbocycles. The fourth-order valence-corrected chi connectivity index (χ4v) is 2.45. The number of nitrogens with one attached hydrogen (secondary N) is 1. The number of hydrogen-bond donors (Lipinski definition) is 2. The number of rotatable bonds is 6. The number of carbonyl (C=O) groups is 2. The molecule has 2 N–H and O–H groups in total. The first-order valence-electron chi connectivity index (χ1n) is 7.33. The zero-order valence-corrected chi connectivity index (χ0v) is 14.9. The molecule has 2 rings (SSSR count). The molecule has 9 heteroatoms. The van der Waals surface area contributed by atoms with Crippen LogP contribution in [0.1, 0.15) is 17.3 Å². The van der Waals surface area contributed by atoms with E-state index < -0.39 is 22.7 Å². The van der Waals surface area contributed by atoms with E-state index in [-0.39, 0.29) is 28.8 Å². The van der Waals surface area contributed by atoms with Crippen LogP contribution < -0.4 is 5.32 Å². The number of ether oxygens (including phenoxy) is 1. The number of pyridine rings is 1. The molecule has 0 bridgehead atoms. The normalized spacial score (nSPS) is 10.8. The molecule has 1 aromatic heterocycles. The van der Waals surface area contributed by atoms with E-state index in [2.05, 4.69) is 15.0 Å². The van der Waals surface area contributed by atoms with E-state index in [0.717, 1.165) is 12.2 Å². The van der Waals surface area contributed by atoms with Crippen molar-refractivity contribution < 1.29 is 23.8 Å². The van der Waals surface area contributed by atoms with Gasteiger partial charge < -0.3 is 15.2 Å². The smallest absolute Gasteiger partial charge is 0.330 e. The topological polar surface area (TPSA) is 88.5 Å². The third kappa shape index (κ3) is 4.71.